The first kappa shape index (κ1) is 12.0. The van der Waals surface area contributed by atoms with E-state index in [0.29, 0.717) is 17.2 Å². The van der Waals surface area contributed by atoms with Gasteiger partial charge in [-0.3, -0.25) is 4.79 Å². The van der Waals surface area contributed by atoms with Gasteiger partial charge in [0.15, 0.2) is 0 Å². The number of carbonyl (C=O) groups is 1. The molecule has 1 amide bonds. The average Bonchev–Trinajstić information content (AvgIpc) is 2.43. The van der Waals surface area contributed by atoms with Gasteiger partial charge in [-0.25, -0.2) is 0 Å². The number of nitrogens with zero attached hydrogens (tertiary/aromatic N) is 1. The van der Waals surface area contributed by atoms with E-state index in [4.69, 9.17) is 5.26 Å². The number of anilines is 2. The van der Waals surface area contributed by atoms with Crippen molar-refractivity contribution in [3.05, 3.63) is 23.8 Å². The molecule has 0 unspecified atom stereocenters. The van der Waals surface area contributed by atoms with Crippen LogP contribution in [0, 0.1) is 17.2 Å². The number of carbonyl (C=O) groups excluding carboxylic acids is 1. The molecule has 0 atom stereocenters. The van der Waals surface area contributed by atoms with Crippen LogP contribution in [-0.2, 0) is 4.79 Å². The first-order chi connectivity index (χ1) is 9.14. The van der Waals surface area contributed by atoms with Gasteiger partial charge >= 0.3 is 0 Å². The van der Waals surface area contributed by atoms with Crippen LogP contribution in [0.3, 0.4) is 0 Å². The summed E-state index contributed by atoms with van der Waals surface area (Å²) < 4.78 is 0. The summed E-state index contributed by atoms with van der Waals surface area (Å²) in [4.78, 5) is 12.4. The summed E-state index contributed by atoms with van der Waals surface area (Å²) in [6, 6.07) is 7.62. The maximum atomic E-state index is 12.4. The van der Waals surface area contributed by atoms with Crippen LogP contribution < -0.4 is 10.6 Å². The molecule has 1 aliphatic carbocycles. The Balaban J connectivity index is 1.97. The van der Waals surface area contributed by atoms with E-state index in [1.165, 1.54) is 0 Å². The van der Waals surface area contributed by atoms with Crippen LogP contribution in [0.15, 0.2) is 18.2 Å². The van der Waals surface area contributed by atoms with Gasteiger partial charge in [0.1, 0.15) is 11.6 Å². The van der Waals surface area contributed by atoms with Crippen molar-refractivity contribution in [2.75, 3.05) is 10.6 Å². The van der Waals surface area contributed by atoms with Crippen molar-refractivity contribution in [1.29, 1.82) is 5.26 Å². The lowest BCUT2D eigenvalue weighted by Crippen LogP contribution is -2.54. The quantitative estimate of drug-likeness (QED) is 0.749. The van der Waals surface area contributed by atoms with E-state index in [9.17, 15) is 4.79 Å². The van der Waals surface area contributed by atoms with E-state index in [0.717, 1.165) is 31.4 Å². The maximum Gasteiger partial charge on any atom is 0.250 e. The van der Waals surface area contributed by atoms with Crippen molar-refractivity contribution in [3.63, 3.8) is 0 Å². The highest BCUT2D eigenvalue weighted by Gasteiger charge is 2.44. The van der Waals surface area contributed by atoms with Crippen LogP contribution in [0.1, 0.15) is 38.2 Å². The molecule has 1 fully saturated rings. The third-order valence-electron chi connectivity index (χ3n) is 4.36. The highest BCUT2D eigenvalue weighted by molar-refractivity contribution is 6.07. The van der Waals surface area contributed by atoms with E-state index in [-0.39, 0.29) is 5.91 Å². The molecule has 1 aromatic rings. The number of rotatable bonds is 0. The van der Waals surface area contributed by atoms with Crippen LogP contribution in [0.2, 0.25) is 0 Å². The van der Waals surface area contributed by atoms with Gasteiger partial charge in [0.2, 0.25) is 5.91 Å². The fraction of sp³-hybridized carbons (Fsp3) is 0.467. The van der Waals surface area contributed by atoms with Gasteiger partial charge in [-0.15, -0.1) is 0 Å². The zero-order valence-electron chi connectivity index (χ0n) is 11.0. The predicted octanol–water partition coefficient (Wildman–Crippen LogP) is 2.87. The van der Waals surface area contributed by atoms with Crippen molar-refractivity contribution in [2.45, 2.75) is 38.1 Å². The molecule has 0 aromatic heterocycles. The Morgan fingerprint density at radius 1 is 1.37 bits per heavy atom. The zero-order valence-corrected chi connectivity index (χ0v) is 11.0. The third kappa shape index (κ3) is 1.86. The van der Waals surface area contributed by atoms with Gasteiger partial charge in [0, 0.05) is 0 Å². The maximum absolute atomic E-state index is 12.4. The average molecular weight is 255 g/mol. The topological polar surface area (TPSA) is 64.9 Å². The predicted molar refractivity (Wildman–Crippen MR) is 73.8 cm³/mol. The minimum atomic E-state index is -0.479. The van der Waals surface area contributed by atoms with Crippen molar-refractivity contribution in [2.24, 2.45) is 5.92 Å². The van der Waals surface area contributed by atoms with Crippen molar-refractivity contribution in [1.82, 2.24) is 0 Å². The van der Waals surface area contributed by atoms with Gasteiger partial charge in [0.25, 0.3) is 0 Å². The molecule has 98 valence electrons. The Labute approximate surface area is 112 Å². The number of hydrogen-bond acceptors (Lipinski definition) is 3. The lowest BCUT2D eigenvalue weighted by Gasteiger charge is -2.42. The second-order valence-electron chi connectivity index (χ2n) is 5.68. The molecule has 1 aliphatic heterocycles. The number of hydrogen-bond donors (Lipinski definition) is 2. The number of nitrogens with one attached hydrogen (secondary N) is 2. The highest BCUT2D eigenvalue weighted by atomic mass is 16.2. The lowest BCUT2D eigenvalue weighted by atomic mass is 9.75. The van der Waals surface area contributed by atoms with Gasteiger partial charge in [-0.1, -0.05) is 13.0 Å². The molecule has 1 spiro atoms. The summed E-state index contributed by atoms with van der Waals surface area (Å²) in [7, 11) is 0. The molecule has 0 bridgehead atoms. The van der Waals surface area contributed by atoms with Crippen molar-refractivity contribution >= 4 is 17.3 Å². The summed E-state index contributed by atoms with van der Waals surface area (Å²) in [5.74, 6) is 0.696. The first-order valence-corrected chi connectivity index (χ1v) is 6.77. The van der Waals surface area contributed by atoms with Gasteiger partial charge in [-0.2, -0.15) is 5.26 Å². The SMILES string of the molecule is CC1CCC2(CC1)Nc1cccc(C#N)c1NC2=O. The summed E-state index contributed by atoms with van der Waals surface area (Å²) in [6.45, 7) is 2.23. The number of amides is 1. The van der Waals surface area contributed by atoms with Crippen molar-refractivity contribution < 1.29 is 4.79 Å². The minimum absolute atomic E-state index is 0.00889. The summed E-state index contributed by atoms with van der Waals surface area (Å²) >= 11 is 0. The summed E-state index contributed by atoms with van der Waals surface area (Å²) in [6.07, 6.45) is 3.84. The second-order valence-corrected chi connectivity index (χ2v) is 5.68. The van der Waals surface area contributed by atoms with E-state index in [1.54, 1.807) is 6.07 Å². The molecular formula is C15H17N3O. The summed E-state index contributed by atoms with van der Waals surface area (Å²) in [5, 5.41) is 15.4. The first-order valence-electron chi connectivity index (χ1n) is 6.77. The van der Waals surface area contributed by atoms with Crippen LogP contribution in [0.25, 0.3) is 0 Å². The van der Waals surface area contributed by atoms with Gasteiger partial charge in [0.05, 0.1) is 16.9 Å². The Morgan fingerprint density at radius 2 is 2.11 bits per heavy atom. The molecule has 2 N–H and O–H groups in total. The fourth-order valence-corrected chi connectivity index (χ4v) is 3.04. The molecule has 0 saturated heterocycles. The van der Waals surface area contributed by atoms with E-state index < -0.39 is 5.54 Å². The Kier molecular flexibility index (Phi) is 2.70. The normalized spacial score (nSPS) is 29.1. The van der Waals surface area contributed by atoms with Crippen LogP contribution in [-0.4, -0.2) is 11.4 Å². The van der Waals surface area contributed by atoms with Gasteiger partial charge in [-0.05, 0) is 43.7 Å². The number of nitriles is 1. The molecule has 1 saturated carbocycles. The minimum Gasteiger partial charge on any atom is -0.369 e. The molecule has 1 aromatic carbocycles. The number of benzene rings is 1. The molecule has 0 radical (unpaired) electrons. The Morgan fingerprint density at radius 3 is 2.79 bits per heavy atom. The smallest absolute Gasteiger partial charge is 0.250 e. The number of fused-ring (bicyclic) bond motifs is 1. The fourth-order valence-electron chi connectivity index (χ4n) is 3.04. The second kappa shape index (κ2) is 4.27. The van der Waals surface area contributed by atoms with Gasteiger partial charge < -0.3 is 10.6 Å². The monoisotopic (exact) mass is 255 g/mol. The largest absolute Gasteiger partial charge is 0.369 e. The van der Waals surface area contributed by atoms with E-state index in [2.05, 4.69) is 23.6 Å². The highest BCUT2D eigenvalue weighted by Crippen LogP contribution is 2.41. The van der Waals surface area contributed by atoms with Crippen LogP contribution >= 0.6 is 0 Å². The molecule has 1 heterocycles. The molecular weight excluding hydrogens is 238 g/mol. The number of para-hydroxylation sites is 1. The summed E-state index contributed by atoms with van der Waals surface area (Å²) in [5.41, 5.74) is 1.53. The molecule has 19 heavy (non-hydrogen) atoms. The lowest BCUT2D eigenvalue weighted by molar-refractivity contribution is -0.121. The standard InChI is InChI=1S/C15H17N3O/c1-10-5-7-15(8-6-10)14(19)17-13-11(9-16)3-2-4-12(13)18-15/h2-4,10,18H,5-8H2,1H3,(H,17,19). The van der Waals surface area contributed by atoms with Crippen LogP contribution in [0.4, 0.5) is 11.4 Å². The molecule has 4 nitrogen and oxygen atoms in total. The molecule has 4 heteroatoms. The third-order valence-corrected chi connectivity index (χ3v) is 4.36. The molecule has 2 aliphatic rings. The van der Waals surface area contributed by atoms with Crippen molar-refractivity contribution in [3.8, 4) is 6.07 Å². The van der Waals surface area contributed by atoms with Crippen LogP contribution in [0.5, 0.6) is 0 Å². The zero-order chi connectivity index (χ0) is 13.5. The molecule has 3 rings (SSSR count). The van der Waals surface area contributed by atoms with E-state index in [1.807, 2.05) is 12.1 Å². The Bertz CT molecular complexity index is 565. The van der Waals surface area contributed by atoms with E-state index >= 15 is 0 Å². The Hall–Kier alpha value is -2.02.